The second kappa shape index (κ2) is 18.9. The van der Waals surface area contributed by atoms with Crippen LogP contribution >= 0.6 is 0 Å². The molecule has 358 valence electrons. The summed E-state index contributed by atoms with van der Waals surface area (Å²) < 4.78 is 4.98. The molecule has 0 aliphatic rings. The van der Waals surface area contributed by atoms with Gasteiger partial charge in [0.25, 0.3) is 0 Å². The molecule has 4 heteroatoms. The second-order valence-corrected chi connectivity index (χ2v) is 27.5. The summed E-state index contributed by atoms with van der Waals surface area (Å²) in [5.41, 5.74) is 9.46. The van der Waals surface area contributed by atoms with E-state index in [1.807, 2.05) is 0 Å². The number of hydrogen-bond acceptors (Lipinski definition) is 0. The first-order chi connectivity index (χ1) is 37.7. The predicted molar refractivity (Wildman–Crippen MR) is 328 cm³/mol. The van der Waals surface area contributed by atoms with Crippen molar-refractivity contribution in [2.24, 2.45) is 0 Å². The molecule has 2 aromatic heterocycles. The van der Waals surface area contributed by atoms with Gasteiger partial charge in [-0.2, -0.15) is 0 Å². The van der Waals surface area contributed by atoms with Crippen molar-refractivity contribution in [2.45, 2.75) is 0 Å². The van der Waals surface area contributed by atoms with Gasteiger partial charge >= 0.3 is 0 Å². The van der Waals surface area contributed by atoms with E-state index in [9.17, 15) is 0 Å². The lowest BCUT2D eigenvalue weighted by molar-refractivity contribution is 1.17. The third-order valence-electron chi connectivity index (χ3n) is 16.0. The van der Waals surface area contributed by atoms with Crippen molar-refractivity contribution < 1.29 is 0 Å². The minimum absolute atomic E-state index is 1.14. The molecule has 2 nitrogen and oxygen atoms in total. The van der Waals surface area contributed by atoms with Crippen molar-refractivity contribution in [2.75, 3.05) is 0 Å². The summed E-state index contributed by atoms with van der Waals surface area (Å²) in [5, 5.41) is 15.9. The Bertz CT molecular complexity index is 4210. The van der Waals surface area contributed by atoms with E-state index in [-0.39, 0.29) is 0 Å². The van der Waals surface area contributed by atoms with Crippen LogP contribution in [-0.4, -0.2) is 25.3 Å². The van der Waals surface area contributed by atoms with Gasteiger partial charge in [-0.3, -0.25) is 0 Å². The Balaban J connectivity index is 0.962. The van der Waals surface area contributed by atoms with Crippen LogP contribution < -0.4 is 41.5 Å². The molecule has 0 fully saturated rings. The molecular formula is C72H52N2Si2. The predicted octanol–water partition coefficient (Wildman–Crippen LogP) is 12.3. The summed E-state index contributed by atoms with van der Waals surface area (Å²) in [5.74, 6) is 0. The number of rotatable bonds is 11. The van der Waals surface area contributed by atoms with Crippen molar-refractivity contribution in [1.29, 1.82) is 0 Å². The summed E-state index contributed by atoms with van der Waals surface area (Å²) in [4.78, 5) is 0. The third-order valence-corrected chi connectivity index (χ3v) is 25.7. The number of fused-ring (bicyclic) bond motifs is 6. The SMILES string of the molecule is c1ccc(-c2ccc([Si](c3ccccc3)(c3ccccc3)c3cccc4c3c3ccccc3n4-c3ccc4c(c3)c3ccccc3n4-c3ccc([Si](c4ccccc4)(c4ccccc4)c4ccccc4)cc3)cc2)cc1. The van der Waals surface area contributed by atoms with Crippen LogP contribution in [0.2, 0.25) is 0 Å². The lowest BCUT2D eigenvalue weighted by atomic mass is 10.1. The fourth-order valence-corrected chi connectivity index (χ4v) is 22.5. The van der Waals surface area contributed by atoms with Crippen molar-refractivity contribution in [3.05, 3.63) is 315 Å². The molecule has 0 radical (unpaired) electrons. The third kappa shape index (κ3) is 7.14. The van der Waals surface area contributed by atoms with Gasteiger partial charge in [0, 0.05) is 32.9 Å². The monoisotopic (exact) mass is 1000 g/mol. The maximum Gasteiger partial charge on any atom is 0.180 e. The summed E-state index contributed by atoms with van der Waals surface area (Å²) in [6.07, 6.45) is 0. The van der Waals surface area contributed by atoms with Crippen LogP contribution in [0.15, 0.2) is 315 Å². The Morgan fingerprint density at radius 1 is 0.211 bits per heavy atom. The quantitative estimate of drug-likeness (QED) is 0.0903. The minimum Gasteiger partial charge on any atom is -0.309 e. The van der Waals surface area contributed by atoms with Crippen molar-refractivity contribution in [1.82, 2.24) is 9.13 Å². The Kier molecular flexibility index (Phi) is 11.2. The van der Waals surface area contributed by atoms with E-state index in [0.717, 1.165) is 11.4 Å². The molecule has 0 bridgehead atoms. The van der Waals surface area contributed by atoms with Crippen LogP contribution in [0, 0.1) is 0 Å². The molecule has 0 aliphatic heterocycles. The topological polar surface area (TPSA) is 9.86 Å². The molecule has 0 unspecified atom stereocenters. The normalized spacial score (nSPS) is 11.9. The summed E-state index contributed by atoms with van der Waals surface area (Å²) in [7, 11) is -5.69. The van der Waals surface area contributed by atoms with E-state index >= 15 is 0 Å². The zero-order valence-electron chi connectivity index (χ0n) is 41.9. The standard InChI is InChI=1S/C72H52N2Si2/c1-7-24-53(25-8-1)54-42-47-63(48-43-54)76(60-32-15-5-16-33-60,61-34-17-6-18-35-61)71-41-23-40-70-72(71)65-37-20-22-39-68(65)74(70)56-46-51-69-66(52-56)64-36-19-21-38-67(64)73(69)55-44-49-62(50-45-55)75(57-26-9-2-10-27-57,58-28-11-3-12-29-58)59-30-13-4-14-31-59/h1-52H. The Labute approximate surface area is 445 Å². The average molecular weight is 1000 g/mol. The summed E-state index contributed by atoms with van der Waals surface area (Å²) in [6, 6.07) is 118. The Hall–Kier alpha value is -9.33. The second-order valence-electron chi connectivity index (χ2n) is 19.9. The van der Waals surface area contributed by atoms with Crippen molar-refractivity contribution >= 4 is 101 Å². The maximum absolute atomic E-state index is 3.00. The molecule has 0 amide bonds. The summed E-state index contributed by atoms with van der Waals surface area (Å²) >= 11 is 0. The number of para-hydroxylation sites is 2. The molecular weight excluding hydrogens is 949 g/mol. The zero-order valence-corrected chi connectivity index (χ0v) is 43.9. The first-order valence-corrected chi connectivity index (χ1v) is 30.3. The molecule has 0 aliphatic carbocycles. The fourth-order valence-electron chi connectivity index (χ4n) is 12.8. The molecule has 12 aromatic carbocycles. The molecule has 0 saturated heterocycles. The average Bonchev–Trinajstić information content (AvgIpc) is 4.05. The minimum atomic E-state index is -3.00. The molecule has 14 aromatic rings. The lowest BCUT2D eigenvalue weighted by Gasteiger charge is -2.35. The van der Waals surface area contributed by atoms with Gasteiger partial charge in [-0.1, -0.05) is 267 Å². The van der Waals surface area contributed by atoms with Gasteiger partial charge in [-0.25, -0.2) is 0 Å². The first-order valence-electron chi connectivity index (χ1n) is 26.3. The fraction of sp³-hybridized carbons (Fsp3) is 0. The van der Waals surface area contributed by atoms with Crippen molar-refractivity contribution in [3.63, 3.8) is 0 Å². The highest BCUT2D eigenvalue weighted by molar-refractivity contribution is 7.21. The Morgan fingerprint density at radius 3 is 1.11 bits per heavy atom. The van der Waals surface area contributed by atoms with Gasteiger partial charge < -0.3 is 9.13 Å². The van der Waals surface area contributed by atoms with E-state index in [0.29, 0.717) is 0 Å². The van der Waals surface area contributed by atoms with E-state index < -0.39 is 16.1 Å². The van der Waals surface area contributed by atoms with Crippen LogP contribution in [0.25, 0.3) is 66.1 Å². The van der Waals surface area contributed by atoms with Crippen LogP contribution in [-0.2, 0) is 0 Å². The maximum atomic E-state index is 2.52. The van der Waals surface area contributed by atoms with Crippen LogP contribution in [0.3, 0.4) is 0 Å². The first kappa shape index (κ1) is 45.3. The van der Waals surface area contributed by atoms with Gasteiger partial charge in [0.15, 0.2) is 16.1 Å². The number of nitrogens with zero attached hydrogens (tertiary/aromatic N) is 2. The molecule has 0 N–H and O–H groups in total. The van der Waals surface area contributed by atoms with Crippen LogP contribution in [0.4, 0.5) is 0 Å². The van der Waals surface area contributed by atoms with Crippen LogP contribution in [0.5, 0.6) is 0 Å². The highest BCUT2D eigenvalue weighted by Gasteiger charge is 2.44. The Morgan fingerprint density at radius 2 is 0.566 bits per heavy atom. The van der Waals surface area contributed by atoms with Gasteiger partial charge in [0.1, 0.15) is 0 Å². The van der Waals surface area contributed by atoms with Gasteiger partial charge in [-0.05, 0) is 101 Å². The summed E-state index contributed by atoms with van der Waals surface area (Å²) in [6.45, 7) is 0. The van der Waals surface area contributed by atoms with E-state index in [4.69, 9.17) is 0 Å². The van der Waals surface area contributed by atoms with Crippen LogP contribution in [0.1, 0.15) is 0 Å². The van der Waals surface area contributed by atoms with E-state index in [1.54, 1.807) is 0 Å². The molecule has 14 rings (SSSR count). The number of benzene rings is 12. The smallest absolute Gasteiger partial charge is 0.180 e. The highest BCUT2D eigenvalue weighted by Crippen LogP contribution is 2.37. The van der Waals surface area contributed by atoms with Gasteiger partial charge in [0.05, 0.1) is 22.1 Å². The molecule has 0 saturated carbocycles. The lowest BCUT2D eigenvalue weighted by Crippen LogP contribution is -2.74. The van der Waals surface area contributed by atoms with E-state index in [1.165, 1.54) is 96.2 Å². The number of aromatic nitrogens is 2. The van der Waals surface area contributed by atoms with Gasteiger partial charge in [0.2, 0.25) is 0 Å². The molecule has 2 heterocycles. The van der Waals surface area contributed by atoms with Gasteiger partial charge in [-0.15, -0.1) is 0 Å². The number of hydrogen-bond donors (Lipinski definition) is 0. The highest BCUT2D eigenvalue weighted by atomic mass is 28.3. The molecule has 0 atom stereocenters. The molecule has 76 heavy (non-hydrogen) atoms. The van der Waals surface area contributed by atoms with E-state index in [2.05, 4.69) is 325 Å². The van der Waals surface area contributed by atoms with Crippen molar-refractivity contribution in [3.8, 4) is 22.5 Å². The zero-order chi connectivity index (χ0) is 50.5. The largest absolute Gasteiger partial charge is 0.309 e. The molecule has 0 spiro atoms.